The molecule has 20 heavy (non-hydrogen) atoms. The highest BCUT2D eigenvalue weighted by Gasteiger charge is 2.05. The minimum atomic E-state index is 0.817. The highest BCUT2D eigenvalue weighted by atomic mass is 15.3. The molecule has 1 N–H and O–H groups in total. The molecule has 0 saturated carbocycles. The predicted molar refractivity (Wildman–Crippen MR) is 78.0 cm³/mol. The minimum Gasteiger partial charge on any atom is -0.340 e. The molecule has 0 unspecified atom stereocenters. The Labute approximate surface area is 114 Å². The lowest BCUT2D eigenvalue weighted by atomic mass is 10.1. The highest BCUT2D eigenvalue weighted by molar-refractivity contribution is 5.94. The van der Waals surface area contributed by atoms with Crippen molar-refractivity contribution < 1.29 is 0 Å². The van der Waals surface area contributed by atoms with Crippen molar-refractivity contribution in [2.75, 3.05) is 5.32 Å². The molecule has 0 saturated heterocycles. The second-order valence-corrected chi connectivity index (χ2v) is 4.46. The lowest BCUT2D eigenvalue weighted by molar-refractivity contribution is 0.948. The average Bonchev–Trinajstić information content (AvgIpc) is 2.97. The van der Waals surface area contributed by atoms with Gasteiger partial charge in [-0.25, -0.2) is 4.98 Å². The van der Waals surface area contributed by atoms with Gasteiger partial charge < -0.3 is 5.32 Å². The van der Waals surface area contributed by atoms with Crippen molar-refractivity contribution in [3.63, 3.8) is 0 Å². The van der Waals surface area contributed by atoms with E-state index in [1.54, 1.807) is 23.1 Å². The molecule has 3 aromatic heterocycles. The Bertz CT molecular complexity index is 891. The van der Waals surface area contributed by atoms with Gasteiger partial charge >= 0.3 is 0 Å². The molecule has 0 amide bonds. The summed E-state index contributed by atoms with van der Waals surface area (Å²) < 4.78 is 1.78. The monoisotopic (exact) mass is 261 g/mol. The van der Waals surface area contributed by atoms with Crippen LogP contribution in [0.25, 0.3) is 16.4 Å². The Morgan fingerprint density at radius 3 is 2.95 bits per heavy atom. The molecule has 3 heterocycles. The van der Waals surface area contributed by atoms with Crippen LogP contribution in [0.3, 0.4) is 0 Å². The van der Waals surface area contributed by atoms with Gasteiger partial charge in [0.2, 0.25) is 0 Å². The van der Waals surface area contributed by atoms with Gasteiger partial charge in [0.15, 0.2) is 5.65 Å². The van der Waals surface area contributed by atoms with Gasteiger partial charge in [-0.1, -0.05) is 12.1 Å². The molecule has 4 aromatic rings. The van der Waals surface area contributed by atoms with Crippen molar-refractivity contribution in [1.29, 1.82) is 0 Å². The number of hydrogen-bond acceptors (Lipinski definition) is 4. The SMILES string of the molecule is c1cc(Nc2ccnc3ccnn23)c2ccncc2c1. The molecule has 0 bridgehead atoms. The van der Waals surface area contributed by atoms with Gasteiger partial charge in [0.05, 0.1) is 6.20 Å². The average molecular weight is 261 g/mol. The zero-order valence-electron chi connectivity index (χ0n) is 10.6. The van der Waals surface area contributed by atoms with Gasteiger partial charge in [0.25, 0.3) is 0 Å². The molecule has 5 nitrogen and oxygen atoms in total. The zero-order chi connectivity index (χ0) is 13.4. The molecule has 5 heteroatoms. The quantitative estimate of drug-likeness (QED) is 0.602. The minimum absolute atomic E-state index is 0.817. The van der Waals surface area contributed by atoms with Gasteiger partial charge in [-0.05, 0) is 18.2 Å². The van der Waals surface area contributed by atoms with E-state index in [1.807, 2.05) is 42.6 Å². The molecule has 0 radical (unpaired) electrons. The van der Waals surface area contributed by atoms with Crippen LogP contribution in [0.2, 0.25) is 0 Å². The summed E-state index contributed by atoms with van der Waals surface area (Å²) in [5, 5.41) is 9.91. The fourth-order valence-corrected chi connectivity index (χ4v) is 2.30. The first-order chi connectivity index (χ1) is 9.92. The second-order valence-electron chi connectivity index (χ2n) is 4.46. The van der Waals surface area contributed by atoms with Crippen molar-refractivity contribution in [2.45, 2.75) is 0 Å². The third kappa shape index (κ3) is 1.68. The van der Waals surface area contributed by atoms with Gasteiger partial charge in [-0.15, -0.1) is 0 Å². The maximum atomic E-state index is 4.27. The van der Waals surface area contributed by atoms with E-state index in [1.165, 1.54) is 0 Å². The van der Waals surface area contributed by atoms with E-state index in [2.05, 4.69) is 20.4 Å². The standard InChI is InChI=1S/C15H11N5/c1-2-11-10-16-7-4-12(11)13(3-1)19-15-5-8-17-14-6-9-18-20(14)15/h1-10,19H. The maximum Gasteiger partial charge on any atom is 0.157 e. The Hall–Kier alpha value is -2.95. The van der Waals surface area contributed by atoms with Gasteiger partial charge in [0, 0.05) is 41.1 Å². The summed E-state index contributed by atoms with van der Waals surface area (Å²) in [6.45, 7) is 0. The fourth-order valence-electron chi connectivity index (χ4n) is 2.30. The zero-order valence-corrected chi connectivity index (χ0v) is 10.6. The van der Waals surface area contributed by atoms with Crippen LogP contribution >= 0.6 is 0 Å². The van der Waals surface area contributed by atoms with Crippen LogP contribution in [0.4, 0.5) is 11.5 Å². The molecule has 0 aliphatic rings. The molecule has 96 valence electrons. The van der Waals surface area contributed by atoms with Crippen LogP contribution < -0.4 is 5.32 Å². The lowest BCUT2D eigenvalue weighted by Crippen LogP contribution is -2.00. The van der Waals surface area contributed by atoms with Crippen molar-refractivity contribution in [3.05, 3.63) is 61.2 Å². The van der Waals surface area contributed by atoms with Crippen molar-refractivity contribution in [1.82, 2.24) is 19.6 Å². The summed E-state index contributed by atoms with van der Waals surface area (Å²) in [5.74, 6) is 0.879. The number of benzene rings is 1. The van der Waals surface area contributed by atoms with Crippen LogP contribution in [0, 0.1) is 0 Å². The summed E-state index contributed by atoms with van der Waals surface area (Å²) in [6, 6.07) is 11.9. The lowest BCUT2D eigenvalue weighted by Gasteiger charge is -2.10. The van der Waals surface area contributed by atoms with E-state index in [0.717, 1.165) is 27.9 Å². The van der Waals surface area contributed by atoms with Gasteiger partial charge in [-0.2, -0.15) is 9.61 Å². The van der Waals surface area contributed by atoms with Gasteiger partial charge in [0.1, 0.15) is 5.82 Å². The maximum absolute atomic E-state index is 4.27. The Morgan fingerprint density at radius 1 is 0.950 bits per heavy atom. The number of rotatable bonds is 2. The van der Waals surface area contributed by atoms with E-state index >= 15 is 0 Å². The number of nitrogens with zero attached hydrogens (tertiary/aromatic N) is 4. The number of fused-ring (bicyclic) bond motifs is 2. The van der Waals surface area contributed by atoms with Crippen LogP contribution in [-0.4, -0.2) is 19.6 Å². The van der Waals surface area contributed by atoms with Crippen molar-refractivity contribution >= 4 is 27.9 Å². The molecule has 0 aliphatic heterocycles. The largest absolute Gasteiger partial charge is 0.340 e. The number of anilines is 2. The topological polar surface area (TPSA) is 55.1 Å². The molecule has 0 atom stereocenters. The smallest absolute Gasteiger partial charge is 0.157 e. The Balaban J connectivity index is 1.87. The third-order valence-electron chi connectivity index (χ3n) is 3.23. The normalized spacial score (nSPS) is 11.0. The summed E-state index contributed by atoms with van der Waals surface area (Å²) >= 11 is 0. The molecule has 0 spiro atoms. The molecule has 1 aromatic carbocycles. The van der Waals surface area contributed by atoms with Crippen LogP contribution in [-0.2, 0) is 0 Å². The molecule has 4 rings (SSSR count). The number of aromatic nitrogens is 4. The fraction of sp³-hybridized carbons (Fsp3) is 0. The number of nitrogens with one attached hydrogen (secondary N) is 1. The van der Waals surface area contributed by atoms with E-state index in [0.29, 0.717) is 0 Å². The van der Waals surface area contributed by atoms with Crippen LogP contribution in [0.1, 0.15) is 0 Å². The number of pyridine rings is 1. The van der Waals surface area contributed by atoms with Gasteiger partial charge in [-0.3, -0.25) is 4.98 Å². The third-order valence-corrected chi connectivity index (χ3v) is 3.23. The summed E-state index contributed by atoms with van der Waals surface area (Å²) in [6.07, 6.45) is 7.16. The number of hydrogen-bond donors (Lipinski definition) is 1. The van der Waals surface area contributed by atoms with E-state index < -0.39 is 0 Å². The molecular weight excluding hydrogens is 250 g/mol. The first kappa shape index (κ1) is 10.9. The van der Waals surface area contributed by atoms with Crippen molar-refractivity contribution in [3.8, 4) is 0 Å². The van der Waals surface area contributed by atoms with E-state index in [9.17, 15) is 0 Å². The summed E-state index contributed by atoms with van der Waals surface area (Å²) in [5.41, 5.74) is 1.84. The predicted octanol–water partition coefficient (Wildman–Crippen LogP) is 3.02. The van der Waals surface area contributed by atoms with Crippen LogP contribution in [0.15, 0.2) is 61.2 Å². The summed E-state index contributed by atoms with van der Waals surface area (Å²) in [4.78, 5) is 8.40. The summed E-state index contributed by atoms with van der Waals surface area (Å²) in [7, 11) is 0. The van der Waals surface area contributed by atoms with E-state index in [-0.39, 0.29) is 0 Å². The van der Waals surface area contributed by atoms with Crippen molar-refractivity contribution in [2.24, 2.45) is 0 Å². The highest BCUT2D eigenvalue weighted by Crippen LogP contribution is 2.25. The molecule has 0 aliphatic carbocycles. The first-order valence-electron chi connectivity index (χ1n) is 6.30. The van der Waals surface area contributed by atoms with Crippen LogP contribution in [0.5, 0.6) is 0 Å². The molecule has 0 fully saturated rings. The Morgan fingerprint density at radius 2 is 1.95 bits per heavy atom. The second kappa shape index (κ2) is 4.31. The first-order valence-corrected chi connectivity index (χ1v) is 6.30. The molecular formula is C15H11N5. The van der Waals surface area contributed by atoms with E-state index in [4.69, 9.17) is 0 Å². The Kier molecular flexibility index (Phi) is 2.35.